The molecule has 146 valence electrons. The summed E-state index contributed by atoms with van der Waals surface area (Å²) < 4.78 is 23.5. The first-order valence-corrected chi connectivity index (χ1v) is 12.2. The van der Waals surface area contributed by atoms with Crippen LogP contribution in [-0.2, 0) is 14.6 Å². The molecule has 1 saturated carbocycles. The zero-order valence-electron chi connectivity index (χ0n) is 15.6. The van der Waals surface area contributed by atoms with Crippen molar-refractivity contribution in [1.82, 2.24) is 4.98 Å². The van der Waals surface area contributed by atoms with E-state index in [0.29, 0.717) is 11.0 Å². The first kappa shape index (κ1) is 20.0. The van der Waals surface area contributed by atoms with Gasteiger partial charge in [-0.1, -0.05) is 50.7 Å². The van der Waals surface area contributed by atoms with E-state index in [1.54, 1.807) is 30.5 Å². The van der Waals surface area contributed by atoms with Crippen molar-refractivity contribution in [1.29, 1.82) is 0 Å². The molecule has 27 heavy (non-hydrogen) atoms. The highest BCUT2D eigenvalue weighted by Crippen LogP contribution is 2.33. The fourth-order valence-corrected chi connectivity index (χ4v) is 4.91. The van der Waals surface area contributed by atoms with Gasteiger partial charge in [-0.25, -0.2) is 13.4 Å². The van der Waals surface area contributed by atoms with Crippen molar-refractivity contribution in [2.75, 3.05) is 11.6 Å². The number of carbonyl (C=O) groups is 1. The van der Waals surface area contributed by atoms with Gasteiger partial charge < -0.3 is 5.32 Å². The first-order valence-electron chi connectivity index (χ1n) is 9.44. The van der Waals surface area contributed by atoms with Gasteiger partial charge in [0.2, 0.25) is 5.91 Å². The van der Waals surface area contributed by atoms with Crippen molar-refractivity contribution < 1.29 is 13.2 Å². The number of hydrogen-bond acceptors (Lipinski definition) is 5. The van der Waals surface area contributed by atoms with Crippen LogP contribution in [0.25, 0.3) is 0 Å². The number of nitrogens with one attached hydrogen (secondary N) is 1. The van der Waals surface area contributed by atoms with Crippen LogP contribution >= 0.6 is 11.3 Å². The summed E-state index contributed by atoms with van der Waals surface area (Å²) in [5.41, 5.74) is 0.862. The lowest BCUT2D eigenvalue weighted by Crippen LogP contribution is -2.23. The molecule has 0 saturated heterocycles. The third-order valence-electron chi connectivity index (χ3n) is 5.23. The SMILES string of the molecule is CS(=O)(=O)c1ccc(C(CC2CCCCCC2)C(=O)Nc2nccs2)cc1. The molecule has 7 heteroatoms. The number of nitrogens with zero attached hydrogens (tertiary/aromatic N) is 1. The van der Waals surface area contributed by atoms with Crippen LogP contribution in [0, 0.1) is 5.92 Å². The first-order chi connectivity index (χ1) is 12.9. The van der Waals surface area contributed by atoms with Gasteiger partial charge in [0.1, 0.15) is 0 Å². The molecular formula is C20H26N2O3S2. The van der Waals surface area contributed by atoms with Crippen molar-refractivity contribution in [3.05, 3.63) is 41.4 Å². The smallest absolute Gasteiger partial charge is 0.233 e. The number of hydrogen-bond donors (Lipinski definition) is 1. The van der Waals surface area contributed by atoms with Gasteiger partial charge in [0.25, 0.3) is 0 Å². The monoisotopic (exact) mass is 406 g/mol. The third-order valence-corrected chi connectivity index (χ3v) is 7.05. The Morgan fingerprint density at radius 1 is 1.19 bits per heavy atom. The highest BCUT2D eigenvalue weighted by atomic mass is 32.2. The zero-order valence-corrected chi connectivity index (χ0v) is 17.2. The summed E-state index contributed by atoms with van der Waals surface area (Å²) in [6.07, 6.45) is 10.9. The molecule has 3 rings (SSSR count). The van der Waals surface area contributed by atoms with Gasteiger partial charge >= 0.3 is 0 Å². The van der Waals surface area contributed by atoms with Gasteiger partial charge in [0.05, 0.1) is 10.8 Å². The molecule has 1 unspecified atom stereocenters. The molecule has 0 spiro atoms. The predicted octanol–water partition coefficient (Wildman–Crippen LogP) is 4.63. The second-order valence-electron chi connectivity index (χ2n) is 7.31. The maximum absolute atomic E-state index is 13.0. The standard InChI is InChI=1S/C20H26N2O3S2/c1-27(24,25)17-10-8-16(9-11-17)18(14-15-6-4-2-3-5-7-15)19(23)22-20-21-12-13-26-20/h8-13,15,18H,2-7,14H2,1H3,(H,21,22,23). The van der Waals surface area contributed by atoms with Crippen LogP contribution in [-0.4, -0.2) is 25.6 Å². The topological polar surface area (TPSA) is 76.1 Å². The summed E-state index contributed by atoms with van der Waals surface area (Å²) in [6.45, 7) is 0. The third kappa shape index (κ3) is 5.62. The molecule has 5 nitrogen and oxygen atoms in total. The summed E-state index contributed by atoms with van der Waals surface area (Å²) in [5, 5.41) is 5.35. The van der Waals surface area contributed by atoms with Crippen LogP contribution in [0.2, 0.25) is 0 Å². The van der Waals surface area contributed by atoms with Crippen molar-refractivity contribution >= 4 is 32.2 Å². The van der Waals surface area contributed by atoms with Crippen LogP contribution in [0.3, 0.4) is 0 Å². The molecule has 1 aliphatic carbocycles. The Hall–Kier alpha value is -1.73. The molecule has 0 bridgehead atoms. The molecule has 0 aliphatic heterocycles. The second kappa shape index (κ2) is 8.97. The van der Waals surface area contributed by atoms with Crippen molar-refractivity contribution in [3.63, 3.8) is 0 Å². The molecule has 1 aliphatic rings. The largest absolute Gasteiger partial charge is 0.301 e. The maximum atomic E-state index is 13.0. The van der Waals surface area contributed by atoms with E-state index in [9.17, 15) is 13.2 Å². The zero-order chi connectivity index (χ0) is 19.3. The van der Waals surface area contributed by atoms with E-state index < -0.39 is 9.84 Å². The summed E-state index contributed by atoms with van der Waals surface area (Å²) >= 11 is 1.40. The average Bonchev–Trinajstić information content (AvgIpc) is 3.00. The van der Waals surface area contributed by atoms with E-state index in [-0.39, 0.29) is 16.7 Å². The lowest BCUT2D eigenvalue weighted by Gasteiger charge is -2.22. The van der Waals surface area contributed by atoms with Crippen LogP contribution < -0.4 is 5.32 Å². The van der Waals surface area contributed by atoms with Gasteiger partial charge in [-0.3, -0.25) is 4.79 Å². The van der Waals surface area contributed by atoms with Crippen molar-refractivity contribution in [2.24, 2.45) is 5.92 Å². The minimum atomic E-state index is -3.25. The lowest BCUT2D eigenvalue weighted by atomic mass is 9.84. The molecule has 1 aromatic carbocycles. The minimum Gasteiger partial charge on any atom is -0.301 e. The van der Waals surface area contributed by atoms with Gasteiger partial charge in [-0.15, -0.1) is 11.3 Å². The van der Waals surface area contributed by atoms with Crippen molar-refractivity contribution in [2.45, 2.75) is 55.8 Å². The van der Waals surface area contributed by atoms with E-state index in [4.69, 9.17) is 0 Å². The summed E-state index contributed by atoms with van der Waals surface area (Å²) in [6, 6.07) is 6.75. The number of anilines is 1. The average molecular weight is 407 g/mol. The predicted molar refractivity (Wildman–Crippen MR) is 109 cm³/mol. The highest BCUT2D eigenvalue weighted by molar-refractivity contribution is 7.90. The van der Waals surface area contributed by atoms with E-state index in [0.717, 1.165) is 24.8 Å². The molecular weight excluding hydrogens is 380 g/mol. The number of thiazole rings is 1. The van der Waals surface area contributed by atoms with E-state index in [1.807, 2.05) is 5.38 Å². The Morgan fingerprint density at radius 2 is 1.85 bits per heavy atom. The van der Waals surface area contributed by atoms with Gasteiger partial charge in [0.15, 0.2) is 15.0 Å². The fourth-order valence-electron chi connectivity index (χ4n) is 3.75. The lowest BCUT2D eigenvalue weighted by molar-refractivity contribution is -0.118. The number of rotatable bonds is 6. The molecule has 1 atom stereocenters. The second-order valence-corrected chi connectivity index (χ2v) is 10.2. The molecule has 2 aromatic rings. The van der Waals surface area contributed by atoms with Crippen molar-refractivity contribution in [3.8, 4) is 0 Å². The summed E-state index contributed by atoms with van der Waals surface area (Å²) in [5.74, 6) is 0.154. The van der Waals surface area contributed by atoms with E-state index in [1.165, 1.54) is 43.3 Å². The van der Waals surface area contributed by atoms with Crippen LogP contribution in [0.1, 0.15) is 56.4 Å². The number of aromatic nitrogens is 1. The van der Waals surface area contributed by atoms with Crippen LogP contribution in [0.4, 0.5) is 5.13 Å². The fraction of sp³-hybridized carbons (Fsp3) is 0.500. The van der Waals surface area contributed by atoms with Gasteiger partial charge in [0, 0.05) is 17.8 Å². The van der Waals surface area contributed by atoms with Crippen LogP contribution in [0.5, 0.6) is 0 Å². The van der Waals surface area contributed by atoms with E-state index >= 15 is 0 Å². The van der Waals surface area contributed by atoms with E-state index in [2.05, 4.69) is 10.3 Å². The Labute approximate surface area is 165 Å². The number of sulfone groups is 1. The number of amides is 1. The quantitative estimate of drug-likeness (QED) is 0.710. The summed E-state index contributed by atoms with van der Waals surface area (Å²) in [4.78, 5) is 17.4. The molecule has 1 N–H and O–H groups in total. The summed E-state index contributed by atoms with van der Waals surface area (Å²) in [7, 11) is -3.25. The molecule has 0 radical (unpaired) electrons. The minimum absolute atomic E-state index is 0.0682. The number of carbonyl (C=O) groups excluding carboxylic acids is 1. The maximum Gasteiger partial charge on any atom is 0.233 e. The van der Waals surface area contributed by atoms with Crippen LogP contribution in [0.15, 0.2) is 40.7 Å². The molecule has 1 aromatic heterocycles. The van der Waals surface area contributed by atoms with Gasteiger partial charge in [-0.2, -0.15) is 0 Å². The molecule has 1 amide bonds. The number of benzene rings is 1. The normalized spacial score (nSPS) is 17.2. The Balaban J connectivity index is 1.82. The molecule has 1 fully saturated rings. The Kier molecular flexibility index (Phi) is 6.65. The Morgan fingerprint density at radius 3 is 2.41 bits per heavy atom. The van der Waals surface area contributed by atoms with Gasteiger partial charge in [-0.05, 0) is 30.0 Å². The highest BCUT2D eigenvalue weighted by Gasteiger charge is 2.26. The molecule has 1 heterocycles. The Bertz CT molecular complexity index is 838.